The molecule has 2 aromatic rings. The molecule has 2 rings (SSSR count). The molecule has 4 heteroatoms. The van der Waals surface area contributed by atoms with Gasteiger partial charge in [-0.3, -0.25) is 0 Å². The van der Waals surface area contributed by atoms with Crippen molar-refractivity contribution in [2.45, 2.75) is 19.9 Å². The number of halogens is 2. The first-order valence-corrected chi connectivity index (χ1v) is 6.50. The maximum atomic E-state index is 13.1. The van der Waals surface area contributed by atoms with Gasteiger partial charge in [0.2, 0.25) is 0 Å². The summed E-state index contributed by atoms with van der Waals surface area (Å²) in [6.07, 6.45) is 0. The van der Waals surface area contributed by atoms with E-state index in [0.717, 1.165) is 21.5 Å². The molecular weight excluding hydrogens is 295 g/mol. The third-order valence-corrected chi connectivity index (χ3v) is 3.57. The second kappa shape index (κ2) is 5.48. The van der Waals surface area contributed by atoms with Gasteiger partial charge in [0.25, 0.3) is 0 Å². The normalized spacial score (nSPS) is 12.2. The van der Waals surface area contributed by atoms with Crippen LogP contribution in [0, 0.1) is 12.7 Å². The lowest BCUT2D eigenvalue weighted by atomic mass is 10.1. The molecule has 0 fully saturated rings. The van der Waals surface area contributed by atoms with Gasteiger partial charge >= 0.3 is 0 Å². The highest BCUT2D eigenvalue weighted by Crippen LogP contribution is 2.21. The number of pyridine rings is 1. The zero-order valence-electron chi connectivity index (χ0n) is 10.2. The van der Waals surface area contributed by atoms with Gasteiger partial charge in [0.15, 0.2) is 0 Å². The molecule has 1 aromatic carbocycles. The average molecular weight is 309 g/mol. The summed E-state index contributed by atoms with van der Waals surface area (Å²) in [5, 5.41) is 3.25. The van der Waals surface area contributed by atoms with Gasteiger partial charge in [0.05, 0.1) is 11.7 Å². The fourth-order valence-electron chi connectivity index (χ4n) is 1.71. The van der Waals surface area contributed by atoms with Gasteiger partial charge in [-0.1, -0.05) is 12.1 Å². The molecule has 1 aromatic heterocycles. The molecule has 2 nitrogen and oxygen atoms in total. The molecule has 0 aliphatic rings. The van der Waals surface area contributed by atoms with E-state index in [9.17, 15) is 4.39 Å². The lowest BCUT2D eigenvalue weighted by molar-refractivity contribution is 0.623. The van der Waals surface area contributed by atoms with Gasteiger partial charge in [-0.2, -0.15) is 0 Å². The Bertz CT molecular complexity index is 557. The highest BCUT2D eigenvalue weighted by atomic mass is 79.9. The lowest BCUT2D eigenvalue weighted by Gasteiger charge is -2.15. The fourth-order valence-corrected chi connectivity index (χ4v) is 1.93. The van der Waals surface area contributed by atoms with Gasteiger partial charge < -0.3 is 5.32 Å². The Hall–Kier alpha value is -1.42. The van der Waals surface area contributed by atoms with Crippen LogP contribution in [0.5, 0.6) is 0 Å². The van der Waals surface area contributed by atoms with Gasteiger partial charge in [-0.15, -0.1) is 0 Å². The molecule has 1 N–H and O–H groups in total. The predicted molar refractivity (Wildman–Crippen MR) is 75.1 cm³/mol. The second-order valence-electron chi connectivity index (χ2n) is 4.18. The molecule has 18 heavy (non-hydrogen) atoms. The van der Waals surface area contributed by atoms with Crippen LogP contribution in [0.1, 0.15) is 24.2 Å². The number of anilines is 1. The average Bonchev–Trinajstić information content (AvgIpc) is 2.34. The molecule has 0 radical (unpaired) electrons. The molecule has 0 aliphatic carbocycles. The summed E-state index contributed by atoms with van der Waals surface area (Å²) in [4.78, 5) is 4.41. The maximum Gasteiger partial charge on any atom is 0.126 e. The zero-order chi connectivity index (χ0) is 13.1. The second-order valence-corrected chi connectivity index (χ2v) is 5.04. The van der Waals surface area contributed by atoms with E-state index in [0.29, 0.717) is 0 Å². The molecule has 0 bridgehead atoms. The van der Waals surface area contributed by atoms with E-state index < -0.39 is 0 Å². The van der Waals surface area contributed by atoms with Crippen molar-refractivity contribution in [3.63, 3.8) is 0 Å². The summed E-state index contributed by atoms with van der Waals surface area (Å²) in [7, 11) is 0. The van der Waals surface area contributed by atoms with Crippen molar-refractivity contribution in [1.82, 2.24) is 4.98 Å². The molecule has 0 aliphatic heterocycles. The minimum atomic E-state index is -0.221. The van der Waals surface area contributed by atoms with Crippen LogP contribution in [-0.2, 0) is 0 Å². The van der Waals surface area contributed by atoms with Crippen LogP contribution < -0.4 is 5.32 Å². The summed E-state index contributed by atoms with van der Waals surface area (Å²) in [6.45, 7) is 3.91. The predicted octanol–water partition coefficient (Wildman–Crippen LogP) is 4.46. The van der Waals surface area contributed by atoms with Gasteiger partial charge in [0, 0.05) is 4.47 Å². The Morgan fingerprint density at radius 3 is 2.72 bits per heavy atom. The summed E-state index contributed by atoms with van der Waals surface area (Å²) in [5.74, 6) is 0.563. The van der Waals surface area contributed by atoms with Gasteiger partial charge in [-0.25, -0.2) is 9.37 Å². The molecule has 0 spiro atoms. The van der Waals surface area contributed by atoms with Crippen molar-refractivity contribution in [1.29, 1.82) is 0 Å². The third-order valence-electron chi connectivity index (χ3n) is 2.73. The first-order chi connectivity index (χ1) is 8.56. The SMILES string of the molecule is Cc1nc(NC(C)c2cccc(F)c2)ccc1Br. The largest absolute Gasteiger partial charge is 0.364 e. The minimum absolute atomic E-state index is 0.00813. The van der Waals surface area contributed by atoms with Crippen LogP contribution in [0.15, 0.2) is 40.9 Å². The van der Waals surface area contributed by atoms with Crippen LogP contribution in [0.25, 0.3) is 0 Å². The number of hydrogen-bond donors (Lipinski definition) is 1. The fraction of sp³-hybridized carbons (Fsp3) is 0.214. The molecule has 0 saturated heterocycles. The Balaban J connectivity index is 2.16. The summed E-state index contributed by atoms with van der Waals surface area (Å²) < 4.78 is 14.1. The molecule has 1 atom stereocenters. The van der Waals surface area contributed by atoms with Crippen molar-refractivity contribution < 1.29 is 4.39 Å². The number of aromatic nitrogens is 1. The third kappa shape index (κ3) is 3.07. The Morgan fingerprint density at radius 1 is 1.28 bits per heavy atom. The topological polar surface area (TPSA) is 24.9 Å². The van der Waals surface area contributed by atoms with Gasteiger partial charge in [0.1, 0.15) is 11.6 Å². The molecule has 1 heterocycles. The van der Waals surface area contributed by atoms with Crippen molar-refractivity contribution in [3.05, 3.63) is 57.9 Å². The number of nitrogens with one attached hydrogen (secondary N) is 1. The monoisotopic (exact) mass is 308 g/mol. The van der Waals surface area contributed by atoms with Crippen molar-refractivity contribution in [2.75, 3.05) is 5.32 Å². The minimum Gasteiger partial charge on any atom is -0.364 e. The van der Waals surface area contributed by atoms with Crippen LogP contribution in [0.2, 0.25) is 0 Å². The van der Waals surface area contributed by atoms with Crippen LogP contribution in [0.3, 0.4) is 0 Å². The number of benzene rings is 1. The Kier molecular flexibility index (Phi) is 3.97. The first kappa shape index (κ1) is 13.0. The highest BCUT2D eigenvalue weighted by Gasteiger charge is 2.07. The van der Waals surface area contributed by atoms with Gasteiger partial charge in [-0.05, 0) is 59.6 Å². The first-order valence-electron chi connectivity index (χ1n) is 5.71. The quantitative estimate of drug-likeness (QED) is 0.905. The lowest BCUT2D eigenvalue weighted by Crippen LogP contribution is -2.08. The van der Waals surface area contributed by atoms with E-state index >= 15 is 0 Å². The summed E-state index contributed by atoms with van der Waals surface area (Å²) in [6, 6.07) is 10.4. The molecule has 94 valence electrons. The highest BCUT2D eigenvalue weighted by molar-refractivity contribution is 9.10. The van der Waals surface area contributed by atoms with E-state index in [4.69, 9.17) is 0 Å². The van der Waals surface area contributed by atoms with E-state index in [-0.39, 0.29) is 11.9 Å². The molecule has 0 amide bonds. The van der Waals surface area contributed by atoms with E-state index in [1.807, 2.05) is 32.0 Å². The van der Waals surface area contributed by atoms with Crippen molar-refractivity contribution >= 4 is 21.7 Å². The molecular formula is C14H14BrFN2. The Morgan fingerprint density at radius 2 is 2.06 bits per heavy atom. The van der Waals surface area contributed by atoms with Crippen LogP contribution in [-0.4, -0.2) is 4.98 Å². The van der Waals surface area contributed by atoms with Crippen LogP contribution in [0.4, 0.5) is 10.2 Å². The zero-order valence-corrected chi connectivity index (χ0v) is 11.8. The van der Waals surface area contributed by atoms with Crippen LogP contribution >= 0.6 is 15.9 Å². The summed E-state index contributed by atoms with van der Waals surface area (Å²) in [5.41, 5.74) is 1.82. The summed E-state index contributed by atoms with van der Waals surface area (Å²) >= 11 is 3.41. The number of rotatable bonds is 3. The Labute approximate surface area is 114 Å². The number of nitrogens with zero attached hydrogens (tertiary/aromatic N) is 1. The smallest absolute Gasteiger partial charge is 0.126 e. The number of aryl methyl sites for hydroxylation is 1. The standard InChI is InChI=1S/C14H14BrFN2/c1-9(11-4-3-5-12(16)8-11)17-14-7-6-13(15)10(2)18-14/h3-9H,1-2H3,(H,17,18). The van der Waals surface area contributed by atoms with Crippen molar-refractivity contribution in [3.8, 4) is 0 Å². The van der Waals surface area contributed by atoms with Crippen molar-refractivity contribution in [2.24, 2.45) is 0 Å². The maximum absolute atomic E-state index is 13.1. The van der Waals surface area contributed by atoms with E-state index in [2.05, 4.69) is 26.2 Å². The molecule has 1 unspecified atom stereocenters. The molecule has 0 saturated carbocycles. The number of hydrogen-bond acceptors (Lipinski definition) is 2. The van der Waals surface area contributed by atoms with E-state index in [1.54, 1.807) is 6.07 Å². The van der Waals surface area contributed by atoms with E-state index in [1.165, 1.54) is 12.1 Å².